The summed E-state index contributed by atoms with van der Waals surface area (Å²) in [5.41, 5.74) is 5.82. The average Bonchev–Trinajstić information content (AvgIpc) is 2.15. The van der Waals surface area contributed by atoms with E-state index in [1.54, 1.807) is 6.92 Å². The Morgan fingerprint density at radius 1 is 1.20 bits per heavy atom. The predicted molar refractivity (Wildman–Crippen MR) is 65.5 cm³/mol. The first-order chi connectivity index (χ1) is 7.04. The van der Waals surface area contributed by atoms with E-state index in [9.17, 15) is 4.79 Å². The van der Waals surface area contributed by atoms with E-state index in [1.807, 2.05) is 6.08 Å². The average molecular weight is 211 g/mol. The summed E-state index contributed by atoms with van der Waals surface area (Å²) in [4.78, 5) is 10.7. The van der Waals surface area contributed by atoms with Gasteiger partial charge in [-0.05, 0) is 25.7 Å². The van der Waals surface area contributed by atoms with Gasteiger partial charge in [0.25, 0.3) is 0 Å². The van der Waals surface area contributed by atoms with Gasteiger partial charge in [-0.3, -0.25) is 4.79 Å². The number of amides is 1. The van der Waals surface area contributed by atoms with Gasteiger partial charge in [0.05, 0.1) is 0 Å². The molecule has 15 heavy (non-hydrogen) atoms. The Hall–Kier alpha value is -0.790. The maximum absolute atomic E-state index is 10.7. The predicted octanol–water partition coefficient (Wildman–Crippen LogP) is 3.41. The quantitative estimate of drug-likeness (QED) is 0.485. The summed E-state index contributed by atoms with van der Waals surface area (Å²) >= 11 is 0. The molecule has 0 saturated carbocycles. The minimum absolute atomic E-state index is 0.296. The highest BCUT2D eigenvalue weighted by molar-refractivity contribution is 5.91. The van der Waals surface area contributed by atoms with Gasteiger partial charge in [0.15, 0.2) is 0 Å². The highest BCUT2D eigenvalue weighted by atomic mass is 16.1. The molecule has 1 amide bonds. The van der Waals surface area contributed by atoms with Gasteiger partial charge in [-0.1, -0.05) is 45.6 Å². The van der Waals surface area contributed by atoms with Crippen LogP contribution in [0.4, 0.5) is 0 Å². The van der Waals surface area contributed by atoms with Gasteiger partial charge in [-0.15, -0.1) is 0 Å². The summed E-state index contributed by atoms with van der Waals surface area (Å²) in [7, 11) is 0. The summed E-state index contributed by atoms with van der Waals surface area (Å²) in [5.74, 6) is 0.525. The molecule has 0 saturated heterocycles. The van der Waals surface area contributed by atoms with Crippen LogP contribution in [0.3, 0.4) is 0 Å². The molecular weight excluding hydrogens is 186 g/mol. The third-order valence-electron chi connectivity index (χ3n) is 2.57. The fourth-order valence-corrected chi connectivity index (χ4v) is 1.47. The monoisotopic (exact) mass is 211 g/mol. The van der Waals surface area contributed by atoms with Crippen LogP contribution in [0.2, 0.25) is 0 Å². The second-order valence-corrected chi connectivity index (χ2v) is 4.64. The van der Waals surface area contributed by atoms with Gasteiger partial charge in [-0.25, -0.2) is 0 Å². The van der Waals surface area contributed by atoms with E-state index >= 15 is 0 Å². The van der Waals surface area contributed by atoms with Gasteiger partial charge < -0.3 is 5.73 Å². The number of allylic oxidation sites excluding steroid dienone is 1. The standard InChI is InChI=1S/C13H25NO/c1-11(2)9-7-5-4-6-8-10-12(3)13(14)15/h10-11H,4-9H2,1-3H3,(H2,14,15)/b12-10+. The first-order valence-corrected chi connectivity index (χ1v) is 6.00. The lowest BCUT2D eigenvalue weighted by Gasteiger charge is -2.03. The Kier molecular flexibility index (Phi) is 8.06. The second-order valence-electron chi connectivity index (χ2n) is 4.64. The largest absolute Gasteiger partial charge is 0.366 e. The smallest absolute Gasteiger partial charge is 0.244 e. The summed E-state index contributed by atoms with van der Waals surface area (Å²) < 4.78 is 0. The first kappa shape index (κ1) is 14.2. The Morgan fingerprint density at radius 3 is 2.33 bits per heavy atom. The van der Waals surface area contributed by atoms with Crippen LogP contribution >= 0.6 is 0 Å². The van der Waals surface area contributed by atoms with Crippen LogP contribution in [0.5, 0.6) is 0 Å². The van der Waals surface area contributed by atoms with Crippen LogP contribution in [0.15, 0.2) is 11.6 Å². The van der Waals surface area contributed by atoms with E-state index < -0.39 is 0 Å². The number of unbranched alkanes of at least 4 members (excludes halogenated alkanes) is 4. The third kappa shape index (κ3) is 9.51. The first-order valence-electron chi connectivity index (χ1n) is 6.00. The Morgan fingerprint density at radius 2 is 1.80 bits per heavy atom. The number of carbonyl (C=O) groups excluding carboxylic acids is 1. The van der Waals surface area contributed by atoms with Crippen LogP contribution < -0.4 is 5.73 Å². The molecule has 2 nitrogen and oxygen atoms in total. The zero-order valence-corrected chi connectivity index (χ0v) is 10.4. The molecular formula is C13H25NO. The summed E-state index contributed by atoms with van der Waals surface area (Å²) in [6.45, 7) is 6.30. The molecule has 0 heterocycles. The molecule has 0 aliphatic carbocycles. The molecule has 88 valence electrons. The highest BCUT2D eigenvalue weighted by Gasteiger charge is 1.96. The van der Waals surface area contributed by atoms with Gasteiger partial charge in [0.1, 0.15) is 0 Å². The van der Waals surface area contributed by atoms with Gasteiger partial charge in [-0.2, -0.15) is 0 Å². The van der Waals surface area contributed by atoms with E-state index in [0.29, 0.717) is 5.57 Å². The van der Waals surface area contributed by atoms with Crippen molar-refractivity contribution in [2.75, 3.05) is 0 Å². The van der Waals surface area contributed by atoms with Crippen molar-refractivity contribution in [3.63, 3.8) is 0 Å². The molecule has 0 aliphatic heterocycles. The highest BCUT2D eigenvalue weighted by Crippen LogP contribution is 2.11. The van der Waals surface area contributed by atoms with E-state index in [0.717, 1.165) is 12.3 Å². The fourth-order valence-electron chi connectivity index (χ4n) is 1.47. The Balaban J connectivity index is 3.32. The molecule has 0 aromatic carbocycles. The molecule has 0 atom stereocenters. The summed E-state index contributed by atoms with van der Waals surface area (Å²) in [6, 6.07) is 0. The molecule has 0 aliphatic rings. The van der Waals surface area contributed by atoms with E-state index in [4.69, 9.17) is 5.73 Å². The zero-order chi connectivity index (χ0) is 11.7. The van der Waals surface area contributed by atoms with Crippen molar-refractivity contribution >= 4 is 5.91 Å². The van der Waals surface area contributed by atoms with Crippen LogP contribution in [0.1, 0.15) is 59.3 Å². The lowest BCUT2D eigenvalue weighted by Crippen LogP contribution is -2.11. The zero-order valence-electron chi connectivity index (χ0n) is 10.4. The molecule has 0 aromatic rings. The van der Waals surface area contributed by atoms with Crippen LogP contribution in [-0.2, 0) is 4.79 Å². The van der Waals surface area contributed by atoms with E-state index in [-0.39, 0.29) is 5.91 Å². The normalized spacial score (nSPS) is 12.1. The van der Waals surface area contributed by atoms with Crippen molar-refractivity contribution in [2.45, 2.75) is 59.3 Å². The van der Waals surface area contributed by atoms with Gasteiger partial charge in [0.2, 0.25) is 5.91 Å². The van der Waals surface area contributed by atoms with E-state index in [1.165, 1.54) is 32.1 Å². The lowest BCUT2D eigenvalue weighted by atomic mass is 10.0. The summed E-state index contributed by atoms with van der Waals surface area (Å²) in [5, 5.41) is 0. The Bertz CT molecular complexity index is 207. The van der Waals surface area contributed by atoms with Crippen LogP contribution in [0, 0.1) is 5.92 Å². The second kappa shape index (κ2) is 8.51. The third-order valence-corrected chi connectivity index (χ3v) is 2.57. The summed E-state index contributed by atoms with van der Waals surface area (Å²) in [6.07, 6.45) is 9.33. The molecule has 2 N–H and O–H groups in total. The van der Waals surface area contributed by atoms with E-state index in [2.05, 4.69) is 13.8 Å². The van der Waals surface area contributed by atoms with Crippen LogP contribution in [0.25, 0.3) is 0 Å². The molecule has 0 aromatic heterocycles. The van der Waals surface area contributed by atoms with Crippen molar-refractivity contribution < 1.29 is 4.79 Å². The Labute approximate surface area is 93.9 Å². The molecule has 0 rings (SSSR count). The van der Waals surface area contributed by atoms with Crippen molar-refractivity contribution in [2.24, 2.45) is 11.7 Å². The number of rotatable bonds is 8. The van der Waals surface area contributed by atoms with Gasteiger partial charge >= 0.3 is 0 Å². The minimum Gasteiger partial charge on any atom is -0.366 e. The number of hydrogen-bond donors (Lipinski definition) is 1. The number of carbonyl (C=O) groups is 1. The lowest BCUT2D eigenvalue weighted by molar-refractivity contribution is -0.114. The number of primary amides is 1. The number of nitrogens with two attached hydrogens (primary N) is 1. The van der Waals surface area contributed by atoms with Crippen molar-refractivity contribution in [1.82, 2.24) is 0 Å². The molecule has 0 bridgehead atoms. The molecule has 2 heteroatoms. The molecule has 0 unspecified atom stereocenters. The molecule has 0 spiro atoms. The van der Waals surface area contributed by atoms with Crippen molar-refractivity contribution in [3.05, 3.63) is 11.6 Å². The SMILES string of the molecule is C/C(=C\CCCCCCC(C)C)C(N)=O. The minimum atomic E-state index is -0.296. The topological polar surface area (TPSA) is 43.1 Å². The maximum atomic E-state index is 10.7. The van der Waals surface area contributed by atoms with Crippen LogP contribution in [-0.4, -0.2) is 5.91 Å². The maximum Gasteiger partial charge on any atom is 0.244 e. The van der Waals surface area contributed by atoms with Crippen molar-refractivity contribution in [1.29, 1.82) is 0 Å². The molecule has 0 fully saturated rings. The fraction of sp³-hybridized carbons (Fsp3) is 0.769. The van der Waals surface area contributed by atoms with Gasteiger partial charge in [0, 0.05) is 5.57 Å². The number of hydrogen-bond acceptors (Lipinski definition) is 1. The molecule has 0 radical (unpaired) electrons. The van der Waals surface area contributed by atoms with Crippen molar-refractivity contribution in [3.8, 4) is 0 Å².